The summed E-state index contributed by atoms with van der Waals surface area (Å²) in [6.45, 7) is 3.27. The lowest BCUT2D eigenvalue weighted by Crippen LogP contribution is -2.36. The van der Waals surface area contributed by atoms with Crippen LogP contribution in [0, 0.1) is 34.5 Å². The van der Waals surface area contributed by atoms with Crippen molar-refractivity contribution in [3.63, 3.8) is 0 Å². The van der Waals surface area contributed by atoms with Crippen molar-refractivity contribution in [1.29, 1.82) is 10.5 Å². The molecule has 64 heavy (non-hydrogen) atoms. The zero-order chi connectivity index (χ0) is 45.6. The van der Waals surface area contributed by atoms with E-state index in [4.69, 9.17) is 30.4 Å². The van der Waals surface area contributed by atoms with Crippen LogP contribution in [0.2, 0.25) is 0 Å². The van der Waals surface area contributed by atoms with E-state index in [-0.39, 0.29) is 40.9 Å². The van der Waals surface area contributed by atoms with Crippen LogP contribution in [0.1, 0.15) is 80.0 Å². The zero-order valence-electron chi connectivity index (χ0n) is 34.8. The average Bonchev–Trinajstić information content (AvgIpc) is 4.24. The fourth-order valence-corrected chi connectivity index (χ4v) is 10.00. The molecular weight excluding hydrogens is 867 g/mol. The quantitative estimate of drug-likeness (QED) is 0.0893. The summed E-state index contributed by atoms with van der Waals surface area (Å²) in [5, 5.41) is 29.8. The molecule has 18 heteroatoms. The van der Waals surface area contributed by atoms with Gasteiger partial charge in [0.25, 0.3) is 5.92 Å². The number of carbonyl (C=O) groups is 4. The SMILES string of the molecule is CC1=C(C(=O)OC2CC2)C(c2csc3c(C#N)cccc23)C(C(=O)OCC2CC2)=C(N)N1.COC(=O)C1=C(C)NC(N)=C(C(=O)OCC2CC2(F)F)C1c1csc2c(C#N)cccc12. The van der Waals surface area contributed by atoms with Crippen LogP contribution < -0.4 is 22.1 Å². The van der Waals surface area contributed by atoms with Crippen molar-refractivity contribution in [3.8, 4) is 12.1 Å². The molecular formula is C46H42F2N6O8S2. The first kappa shape index (κ1) is 43.9. The Morgan fingerprint density at radius 3 is 1.62 bits per heavy atom. The van der Waals surface area contributed by atoms with Gasteiger partial charge in [0.15, 0.2) is 0 Å². The molecule has 330 valence electrons. The Kier molecular flexibility index (Phi) is 11.9. The number of esters is 4. The highest BCUT2D eigenvalue weighted by molar-refractivity contribution is 7.18. The highest BCUT2D eigenvalue weighted by atomic mass is 32.1. The first-order valence-corrected chi connectivity index (χ1v) is 22.2. The van der Waals surface area contributed by atoms with E-state index in [0.29, 0.717) is 56.3 Å². The molecule has 2 aromatic heterocycles. The first-order chi connectivity index (χ1) is 30.7. The number of fused-ring (bicyclic) bond motifs is 2. The number of benzene rings is 2. The van der Waals surface area contributed by atoms with E-state index < -0.39 is 54.2 Å². The van der Waals surface area contributed by atoms with Crippen LogP contribution in [0.4, 0.5) is 8.78 Å². The topological polar surface area (TPSA) is 229 Å². The van der Waals surface area contributed by atoms with Crippen LogP contribution in [0.25, 0.3) is 20.2 Å². The number of nitrogens with one attached hydrogen (secondary N) is 2. The fourth-order valence-electron chi connectivity index (χ4n) is 7.87. The lowest BCUT2D eigenvalue weighted by atomic mass is 9.81. The van der Waals surface area contributed by atoms with E-state index in [1.807, 2.05) is 11.4 Å². The predicted molar refractivity (Wildman–Crippen MR) is 231 cm³/mol. The van der Waals surface area contributed by atoms with Gasteiger partial charge in [0, 0.05) is 17.8 Å². The van der Waals surface area contributed by atoms with Crippen LogP contribution in [0.5, 0.6) is 0 Å². The number of methoxy groups -OCH3 is 1. The molecule has 5 aliphatic rings. The van der Waals surface area contributed by atoms with Gasteiger partial charge >= 0.3 is 23.9 Å². The van der Waals surface area contributed by atoms with Crippen molar-refractivity contribution >= 4 is 66.7 Å². The minimum atomic E-state index is -2.84. The number of hydrogen-bond donors (Lipinski definition) is 4. The van der Waals surface area contributed by atoms with Crippen molar-refractivity contribution in [3.05, 3.63) is 115 Å². The molecule has 9 rings (SSSR count). The molecule has 0 spiro atoms. The maximum Gasteiger partial charge on any atom is 0.338 e. The Bertz CT molecular complexity index is 2850. The van der Waals surface area contributed by atoms with E-state index in [9.17, 15) is 38.5 Å². The van der Waals surface area contributed by atoms with E-state index in [0.717, 1.165) is 41.3 Å². The summed E-state index contributed by atoms with van der Waals surface area (Å²) in [5.74, 6) is -7.60. The summed E-state index contributed by atoms with van der Waals surface area (Å²) >= 11 is 2.70. The van der Waals surface area contributed by atoms with Crippen molar-refractivity contribution in [2.75, 3.05) is 20.3 Å². The Hall–Kier alpha value is -6.76. The number of dihydropyridines is 2. The lowest BCUT2D eigenvalue weighted by Gasteiger charge is -2.29. The van der Waals surface area contributed by atoms with E-state index in [1.165, 1.54) is 29.8 Å². The molecule has 3 fully saturated rings. The number of halogens is 2. The highest BCUT2D eigenvalue weighted by Crippen LogP contribution is 2.50. The second-order valence-corrected chi connectivity index (χ2v) is 18.0. The molecule has 3 unspecified atom stereocenters. The third kappa shape index (κ3) is 8.50. The summed E-state index contributed by atoms with van der Waals surface area (Å²) in [7, 11) is 1.22. The number of ether oxygens (including phenoxy) is 4. The summed E-state index contributed by atoms with van der Waals surface area (Å²) in [5.41, 5.74) is 16.3. The van der Waals surface area contributed by atoms with Gasteiger partial charge in [0.05, 0.1) is 74.3 Å². The smallest absolute Gasteiger partial charge is 0.338 e. The normalized spacial score (nSPS) is 21.2. The van der Waals surface area contributed by atoms with Crippen molar-refractivity contribution in [2.24, 2.45) is 23.3 Å². The fraction of sp³-hybridized carbons (Fsp3) is 0.348. The first-order valence-electron chi connectivity index (χ1n) is 20.4. The maximum absolute atomic E-state index is 13.2. The zero-order valence-corrected chi connectivity index (χ0v) is 36.5. The molecule has 2 aliphatic heterocycles. The van der Waals surface area contributed by atoms with Crippen molar-refractivity contribution in [1.82, 2.24) is 10.6 Å². The van der Waals surface area contributed by atoms with Crippen molar-refractivity contribution in [2.45, 2.75) is 69.8 Å². The highest BCUT2D eigenvalue weighted by Gasteiger charge is 2.57. The Balaban J connectivity index is 0.000000175. The molecule has 0 radical (unpaired) electrons. The van der Waals surface area contributed by atoms with Gasteiger partial charge in [-0.2, -0.15) is 10.5 Å². The Morgan fingerprint density at radius 1 is 0.734 bits per heavy atom. The maximum atomic E-state index is 13.2. The van der Waals surface area contributed by atoms with Crippen molar-refractivity contribution < 1.29 is 46.9 Å². The van der Waals surface area contributed by atoms with Crippen LogP contribution in [0.3, 0.4) is 0 Å². The average molecular weight is 909 g/mol. The molecule has 6 N–H and O–H groups in total. The molecule has 3 saturated carbocycles. The van der Waals surface area contributed by atoms with E-state index in [1.54, 1.807) is 49.6 Å². The van der Waals surface area contributed by atoms with Crippen LogP contribution in [-0.4, -0.2) is 56.2 Å². The molecule has 2 aromatic carbocycles. The van der Waals surface area contributed by atoms with E-state index in [2.05, 4.69) is 22.8 Å². The Morgan fingerprint density at radius 2 is 1.20 bits per heavy atom. The summed E-state index contributed by atoms with van der Waals surface area (Å²) in [4.78, 5) is 52.1. The van der Waals surface area contributed by atoms with Crippen LogP contribution in [-0.2, 0) is 38.1 Å². The molecule has 3 aliphatic carbocycles. The minimum absolute atomic E-state index is 0.0384. The van der Waals surface area contributed by atoms with Gasteiger partial charge in [0.2, 0.25) is 0 Å². The third-order valence-corrected chi connectivity index (χ3v) is 13.8. The monoisotopic (exact) mass is 908 g/mol. The second kappa shape index (κ2) is 17.4. The van der Waals surface area contributed by atoms with Gasteiger partial charge in [0.1, 0.15) is 36.5 Å². The van der Waals surface area contributed by atoms with Crippen LogP contribution in [0.15, 0.2) is 92.5 Å². The third-order valence-electron chi connectivity index (χ3n) is 11.7. The van der Waals surface area contributed by atoms with Gasteiger partial charge in [-0.1, -0.05) is 24.3 Å². The van der Waals surface area contributed by atoms with E-state index >= 15 is 0 Å². The second-order valence-electron chi connectivity index (χ2n) is 16.2. The Labute approximate surface area is 373 Å². The molecule has 4 heterocycles. The minimum Gasteiger partial charge on any atom is -0.466 e. The molecule has 0 saturated heterocycles. The van der Waals surface area contributed by atoms with Gasteiger partial charge in [-0.3, -0.25) is 0 Å². The molecule has 4 aromatic rings. The summed E-state index contributed by atoms with van der Waals surface area (Å²) in [6, 6.07) is 14.9. The number of hydrogen-bond acceptors (Lipinski definition) is 16. The molecule has 3 atom stereocenters. The largest absolute Gasteiger partial charge is 0.466 e. The summed E-state index contributed by atoms with van der Waals surface area (Å²) in [6.07, 6.45) is 3.37. The number of nitrogens with two attached hydrogens (primary N) is 2. The summed E-state index contributed by atoms with van der Waals surface area (Å²) < 4.78 is 49.3. The van der Waals surface area contributed by atoms with Gasteiger partial charge in [-0.05, 0) is 90.2 Å². The number of carbonyl (C=O) groups excluding carboxylic acids is 4. The molecule has 14 nitrogen and oxygen atoms in total. The lowest BCUT2D eigenvalue weighted by molar-refractivity contribution is -0.142. The van der Waals surface area contributed by atoms with Crippen LogP contribution >= 0.6 is 22.7 Å². The van der Waals surface area contributed by atoms with Gasteiger partial charge in [-0.15, -0.1) is 22.7 Å². The predicted octanol–water partition coefficient (Wildman–Crippen LogP) is 6.84. The van der Waals surface area contributed by atoms with Gasteiger partial charge in [-0.25, -0.2) is 28.0 Å². The number of allylic oxidation sites excluding steroid dienone is 2. The standard InChI is InChI=1S/C24H23N3O4S.C22H19F2N3O4S/c1-12-18(24(29)31-15-7-8-15)19(17-11-32-21-14(9-25)3-2-4-16(17)21)20(22(26)27-12)23(28)30-10-13-5-6-13;1-10-15(20(28)30-2)16(14-9-32-18-11(7-25)4-3-5-13(14)18)17(19(26)27-10)21(29)31-8-12-6-22(12,23)24/h2-4,11,13,15,19,27H,5-8,10,26H2,1H3;3-5,9,12,16,27H,6,8,26H2,1-2H3. The number of rotatable bonds is 11. The number of nitriles is 2. The number of alkyl halides is 2. The van der Waals surface area contributed by atoms with Gasteiger partial charge < -0.3 is 41.0 Å². The number of nitrogens with zero attached hydrogens (tertiary/aromatic N) is 2. The molecule has 0 amide bonds. The molecule has 0 bridgehead atoms. The number of thiophene rings is 2.